The Morgan fingerprint density at radius 3 is 2.75 bits per heavy atom. The number of nitrogens with zero attached hydrogens (tertiary/aromatic N) is 2. The molecule has 1 aromatic heterocycles. The van der Waals surface area contributed by atoms with Gasteiger partial charge in [0.25, 0.3) is 0 Å². The molecule has 82 valence electrons. The molecule has 1 aromatic carbocycles. The lowest BCUT2D eigenvalue weighted by atomic mass is 10.1. The molecule has 0 spiro atoms. The van der Waals surface area contributed by atoms with E-state index in [2.05, 4.69) is 20.4 Å². The van der Waals surface area contributed by atoms with Gasteiger partial charge in [0.1, 0.15) is 5.82 Å². The molecule has 6 heteroatoms. The van der Waals surface area contributed by atoms with Crippen molar-refractivity contribution in [1.82, 2.24) is 15.0 Å². The number of hydrazine groups is 1. The van der Waals surface area contributed by atoms with Gasteiger partial charge in [-0.15, -0.1) is 0 Å². The minimum atomic E-state index is -0.485. The van der Waals surface area contributed by atoms with Crippen LogP contribution in [0.2, 0.25) is 0 Å². The van der Waals surface area contributed by atoms with Crippen LogP contribution in [0.15, 0.2) is 29.1 Å². The zero-order valence-electron chi connectivity index (χ0n) is 8.69. The minimum absolute atomic E-state index is 0.0991. The number of aromatic amines is 1. The zero-order chi connectivity index (χ0) is 11.5. The number of hydrogen-bond acceptors (Lipinski definition) is 5. The number of aryl methyl sites for hydroxylation is 1. The second-order valence-corrected chi connectivity index (χ2v) is 3.29. The third kappa shape index (κ3) is 1.91. The fraction of sp³-hybridized carbons (Fsp3) is 0.100. The second-order valence-electron chi connectivity index (χ2n) is 3.29. The van der Waals surface area contributed by atoms with E-state index in [1.165, 1.54) is 0 Å². The number of hydrogen-bond donors (Lipinski definition) is 3. The highest BCUT2D eigenvalue weighted by Gasteiger charge is 2.06. The van der Waals surface area contributed by atoms with Gasteiger partial charge in [-0.3, -0.25) is 10.4 Å². The van der Waals surface area contributed by atoms with Crippen LogP contribution in [0.4, 0.5) is 5.95 Å². The normalized spacial score (nSPS) is 10.1. The summed E-state index contributed by atoms with van der Waals surface area (Å²) >= 11 is 0. The first-order valence-electron chi connectivity index (χ1n) is 4.71. The highest BCUT2D eigenvalue weighted by molar-refractivity contribution is 5.60. The Hall–Kier alpha value is -2.21. The fourth-order valence-corrected chi connectivity index (χ4v) is 1.41. The number of H-pyrrole nitrogens is 1. The summed E-state index contributed by atoms with van der Waals surface area (Å²) < 4.78 is 0. The van der Waals surface area contributed by atoms with E-state index in [4.69, 9.17) is 5.84 Å². The number of rotatable bonds is 2. The van der Waals surface area contributed by atoms with Gasteiger partial charge < -0.3 is 0 Å². The standard InChI is InChI=1S/C10H11N5O/c1-6-4-2-3-5-7(6)8-12-9(15-11)14-10(16)13-8/h2-5H,11H2,1H3,(H2,12,13,14,15,16). The van der Waals surface area contributed by atoms with Crippen LogP contribution < -0.4 is 17.0 Å². The Morgan fingerprint density at radius 1 is 1.31 bits per heavy atom. The van der Waals surface area contributed by atoms with Crippen LogP contribution in [0.1, 0.15) is 5.56 Å². The molecule has 16 heavy (non-hydrogen) atoms. The van der Waals surface area contributed by atoms with Crippen LogP contribution in [-0.4, -0.2) is 15.0 Å². The summed E-state index contributed by atoms with van der Waals surface area (Å²) in [5, 5.41) is 0. The summed E-state index contributed by atoms with van der Waals surface area (Å²) in [4.78, 5) is 21.4. The van der Waals surface area contributed by atoms with Gasteiger partial charge in [-0.25, -0.2) is 10.6 Å². The fourth-order valence-electron chi connectivity index (χ4n) is 1.41. The van der Waals surface area contributed by atoms with Crippen LogP contribution >= 0.6 is 0 Å². The summed E-state index contributed by atoms with van der Waals surface area (Å²) in [7, 11) is 0. The van der Waals surface area contributed by atoms with E-state index in [-0.39, 0.29) is 5.95 Å². The number of nitrogens with two attached hydrogens (primary N) is 1. The largest absolute Gasteiger partial charge is 0.349 e. The third-order valence-corrected chi connectivity index (χ3v) is 2.18. The molecule has 4 N–H and O–H groups in total. The van der Waals surface area contributed by atoms with E-state index < -0.39 is 5.69 Å². The molecule has 0 radical (unpaired) electrons. The van der Waals surface area contributed by atoms with Crippen LogP contribution in [0, 0.1) is 6.92 Å². The van der Waals surface area contributed by atoms with Crippen molar-refractivity contribution in [3.05, 3.63) is 40.3 Å². The zero-order valence-corrected chi connectivity index (χ0v) is 8.69. The highest BCUT2D eigenvalue weighted by atomic mass is 16.1. The Balaban J connectivity index is 2.60. The summed E-state index contributed by atoms with van der Waals surface area (Å²) in [6.07, 6.45) is 0. The average molecular weight is 217 g/mol. The van der Waals surface area contributed by atoms with Crippen LogP contribution in [0.5, 0.6) is 0 Å². The van der Waals surface area contributed by atoms with E-state index in [0.717, 1.165) is 11.1 Å². The van der Waals surface area contributed by atoms with Crippen molar-refractivity contribution in [3.63, 3.8) is 0 Å². The number of nitrogen functional groups attached to an aromatic ring is 1. The summed E-state index contributed by atoms with van der Waals surface area (Å²) in [6, 6.07) is 7.59. The van der Waals surface area contributed by atoms with E-state index in [0.29, 0.717) is 5.82 Å². The summed E-state index contributed by atoms with van der Waals surface area (Å²) in [5.41, 5.74) is 3.63. The first-order valence-corrected chi connectivity index (χ1v) is 4.71. The maximum absolute atomic E-state index is 11.3. The molecule has 0 aliphatic rings. The summed E-state index contributed by atoms with van der Waals surface area (Å²) in [5.74, 6) is 5.73. The lowest BCUT2D eigenvalue weighted by Crippen LogP contribution is -2.19. The molecule has 6 nitrogen and oxygen atoms in total. The molecule has 0 aliphatic heterocycles. The van der Waals surface area contributed by atoms with Crippen molar-refractivity contribution in [2.75, 3.05) is 5.43 Å². The Morgan fingerprint density at radius 2 is 2.06 bits per heavy atom. The van der Waals surface area contributed by atoms with Gasteiger partial charge in [-0.05, 0) is 12.5 Å². The third-order valence-electron chi connectivity index (χ3n) is 2.18. The van der Waals surface area contributed by atoms with Crippen molar-refractivity contribution >= 4 is 5.95 Å². The molecule has 0 fully saturated rings. The van der Waals surface area contributed by atoms with Crippen molar-refractivity contribution in [3.8, 4) is 11.4 Å². The molecular weight excluding hydrogens is 206 g/mol. The van der Waals surface area contributed by atoms with Crippen molar-refractivity contribution in [2.45, 2.75) is 6.92 Å². The molecule has 0 saturated heterocycles. The highest BCUT2D eigenvalue weighted by Crippen LogP contribution is 2.18. The maximum Gasteiger partial charge on any atom is 0.349 e. The van der Waals surface area contributed by atoms with Gasteiger partial charge in [0.2, 0.25) is 5.95 Å². The SMILES string of the molecule is Cc1ccccc1-c1nc(NN)nc(=O)[nH]1. The Labute approximate surface area is 91.5 Å². The lowest BCUT2D eigenvalue weighted by Gasteiger charge is -2.05. The van der Waals surface area contributed by atoms with E-state index >= 15 is 0 Å². The van der Waals surface area contributed by atoms with E-state index in [9.17, 15) is 4.79 Å². The van der Waals surface area contributed by atoms with Crippen LogP contribution in [0.3, 0.4) is 0 Å². The molecule has 2 aromatic rings. The Bertz CT molecular complexity index is 563. The van der Waals surface area contributed by atoms with Gasteiger partial charge in [-0.1, -0.05) is 24.3 Å². The van der Waals surface area contributed by atoms with Crippen molar-refractivity contribution in [1.29, 1.82) is 0 Å². The molecule has 0 bridgehead atoms. The maximum atomic E-state index is 11.3. The van der Waals surface area contributed by atoms with Crippen LogP contribution in [0.25, 0.3) is 11.4 Å². The quantitative estimate of drug-likeness (QED) is 0.500. The van der Waals surface area contributed by atoms with E-state index in [1.54, 1.807) is 0 Å². The van der Waals surface area contributed by atoms with Crippen molar-refractivity contribution in [2.24, 2.45) is 5.84 Å². The number of nitrogens with one attached hydrogen (secondary N) is 2. The number of aromatic nitrogens is 3. The van der Waals surface area contributed by atoms with E-state index in [1.807, 2.05) is 31.2 Å². The first kappa shape index (κ1) is 10.3. The predicted molar refractivity (Wildman–Crippen MR) is 60.6 cm³/mol. The van der Waals surface area contributed by atoms with Crippen molar-refractivity contribution < 1.29 is 0 Å². The van der Waals surface area contributed by atoms with Gasteiger partial charge in [-0.2, -0.15) is 9.97 Å². The molecule has 2 rings (SSSR count). The number of anilines is 1. The molecular formula is C10H11N5O. The Kier molecular flexibility index (Phi) is 2.65. The van der Waals surface area contributed by atoms with Gasteiger partial charge >= 0.3 is 5.69 Å². The predicted octanol–water partition coefficient (Wildman–Crippen LogP) is 0.426. The lowest BCUT2D eigenvalue weighted by molar-refractivity contribution is 0.984. The van der Waals surface area contributed by atoms with Crippen LogP contribution in [-0.2, 0) is 0 Å². The molecule has 0 aliphatic carbocycles. The molecule has 0 amide bonds. The minimum Gasteiger partial charge on any atom is -0.292 e. The monoisotopic (exact) mass is 217 g/mol. The molecule has 0 unspecified atom stereocenters. The topological polar surface area (TPSA) is 96.7 Å². The second kappa shape index (κ2) is 4.11. The smallest absolute Gasteiger partial charge is 0.292 e. The van der Waals surface area contributed by atoms with Gasteiger partial charge in [0, 0.05) is 5.56 Å². The molecule has 1 heterocycles. The first-order chi connectivity index (χ1) is 7.70. The van der Waals surface area contributed by atoms with Gasteiger partial charge in [0.15, 0.2) is 0 Å². The summed E-state index contributed by atoms with van der Waals surface area (Å²) in [6.45, 7) is 1.94. The number of benzene rings is 1. The molecule has 0 atom stereocenters. The molecule has 0 saturated carbocycles. The average Bonchev–Trinajstić information content (AvgIpc) is 2.28. The van der Waals surface area contributed by atoms with Gasteiger partial charge in [0.05, 0.1) is 0 Å².